The fraction of sp³-hybridized carbons (Fsp3) is 0.250. The Morgan fingerprint density at radius 2 is 2.10 bits per heavy atom. The first-order valence-electron chi connectivity index (χ1n) is 4.32. The number of hydrogen-bond acceptors (Lipinski definition) is 1. The van der Waals surface area contributed by atoms with E-state index in [1.54, 1.807) is 6.92 Å². The number of aryl methyl sites for hydroxylation is 2. The first-order valence-corrected chi connectivity index (χ1v) is 3.20. The quantitative estimate of drug-likeness (QED) is 0.617. The van der Waals surface area contributed by atoms with E-state index in [2.05, 4.69) is 0 Å². The number of hydrogen-bond donors (Lipinski definition) is 1. The maximum atomic E-state index is 9.17. The second-order valence-electron chi connectivity index (χ2n) is 2.12. The number of halogens is 1. The van der Waals surface area contributed by atoms with Crippen molar-refractivity contribution in [2.75, 3.05) is 0 Å². The maximum Gasteiger partial charge on any atom is 0.116 e. The lowest BCUT2D eigenvalue weighted by Gasteiger charge is -2.01. The van der Waals surface area contributed by atoms with Crippen LogP contribution in [-0.2, 0) is 0 Å². The van der Waals surface area contributed by atoms with E-state index in [0.29, 0.717) is 5.56 Å². The molecule has 1 rings (SSSR count). The zero-order valence-electron chi connectivity index (χ0n) is 8.48. The van der Waals surface area contributed by atoms with Crippen molar-refractivity contribution in [2.45, 2.75) is 13.8 Å². The molecule has 0 unspecified atom stereocenters. The predicted octanol–water partition coefficient (Wildman–Crippen LogP) is 2.66. The van der Waals surface area contributed by atoms with Crippen LogP contribution in [0.5, 0.6) is 5.75 Å². The molecule has 1 aromatic rings. The molecular weight excluding hydrogens is 148 g/mol. The van der Waals surface area contributed by atoms with Crippen LogP contribution in [0.25, 0.3) is 0 Å². The summed E-state index contributed by atoms with van der Waals surface area (Å²) < 4.78 is 21.4. The Labute approximate surface area is 69.5 Å². The second kappa shape index (κ2) is 2.51. The van der Waals surface area contributed by atoms with Gasteiger partial charge in [-0.05, 0) is 37.0 Å². The van der Waals surface area contributed by atoms with Crippen LogP contribution in [0.2, 0.25) is 5.02 Å². The summed E-state index contributed by atoms with van der Waals surface area (Å²) in [6.45, 7) is -0.627. The summed E-state index contributed by atoms with van der Waals surface area (Å²) in [6.07, 6.45) is 0. The lowest BCUT2D eigenvalue weighted by Crippen LogP contribution is -1.79. The van der Waals surface area contributed by atoms with E-state index in [0.717, 1.165) is 0 Å². The van der Waals surface area contributed by atoms with Crippen molar-refractivity contribution in [3.05, 3.63) is 28.3 Å². The van der Waals surface area contributed by atoms with E-state index >= 15 is 0 Å². The molecule has 2 heteroatoms. The second-order valence-corrected chi connectivity index (χ2v) is 2.50. The van der Waals surface area contributed by atoms with Crippen molar-refractivity contribution in [3.63, 3.8) is 0 Å². The molecule has 0 fully saturated rings. The van der Waals surface area contributed by atoms with Crippen LogP contribution in [0, 0.1) is 13.8 Å². The average molecular weight is 160 g/mol. The molecule has 1 N–H and O–H groups in total. The zero-order valence-corrected chi connectivity index (χ0v) is 6.24. The van der Waals surface area contributed by atoms with E-state index < -0.39 is 6.85 Å². The van der Waals surface area contributed by atoms with Crippen molar-refractivity contribution in [1.82, 2.24) is 0 Å². The van der Waals surface area contributed by atoms with Crippen LogP contribution in [-0.4, -0.2) is 5.11 Å². The number of phenols is 1. The molecule has 1 aromatic carbocycles. The summed E-state index contributed by atoms with van der Waals surface area (Å²) in [4.78, 5) is 0. The van der Waals surface area contributed by atoms with Gasteiger partial charge in [-0.1, -0.05) is 11.6 Å². The van der Waals surface area contributed by atoms with Gasteiger partial charge in [0.1, 0.15) is 5.75 Å². The summed E-state index contributed by atoms with van der Waals surface area (Å²) in [7, 11) is 0. The van der Waals surface area contributed by atoms with Gasteiger partial charge >= 0.3 is 0 Å². The van der Waals surface area contributed by atoms with Crippen molar-refractivity contribution >= 4 is 11.6 Å². The molecule has 0 aliphatic carbocycles. The van der Waals surface area contributed by atoms with Crippen molar-refractivity contribution < 1.29 is 9.22 Å². The highest BCUT2D eigenvalue weighted by Gasteiger charge is 1.99. The summed E-state index contributed by atoms with van der Waals surface area (Å²) in [5, 5.41) is 9.37. The van der Waals surface area contributed by atoms with Gasteiger partial charge in [-0.25, -0.2) is 0 Å². The lowest BCUT2D eigenvalue weighted by atomic mass is 10.1. The van der Waals surface area contributed by atoms with E-state index in [-0.39, 0.29) is 16.3 Å². The molecule has 54 valence electrons. The third-order valence-electron chi connectivity index (χ3n) is 1.24. The maximum absolute atomic E-state index is 9.17. The highest BCUT2D eigenvalue weighted by molar-refractivity contribution is 6.32. The fourth-order valence-electron chi connectivity index (χ4n) is 0.751. The smallest absolute Gasteiger partial charge is 0.116 e. The van der Waals surface area contributed by atoms with Gasteiger partial charge in [0, 0.05) is 9.13 Å². The van der Waals surface area contributed by atoms with Crippen LogP contribution in [0.15, 0.2) is 12.1 Å². The first-order chi connectivity index (χ1) is 5.82. The van der Waals surface area contributed by atoms with Crippen molar-refractivity contribution in [1.29, 1.82) is 0 Å². The molecule has 0 aliphatic heterocycles. The highest BCUT2D eigenvalue weighted by atomic mass is 35.5. The Hall–Kier alpha value is -0.690. The third kappa shape index (κ3) is 1.24. The van der Waals surface area contributed by atoms with Crippen LogP contribution in [0.1, 0.15) is 15.2 Å². The number of phenolic OH excluding ortho intramolecular Hbond substituents is 1. The van der Waals surface area contributed by atoms with Gasteiger partial charge in [-0.15, -0.1) is 0 Å². The molecule has 0 amide bonds. The van der Waals surface area contributed by atoms with Crippen LogP contribution in [0.3, 0.4) is 0 Å². The fourth-order valence-corrected chi connectivity index (χ4v) is 0.860. The number of aromatic hydroxyl groups is 1. The lowest BCUT2D eigenvalue weighted by molar-refractivity contribution is 0.474. The Morgan fingerprint density at radius 1 is 1.50 bits per heavy atom. The van der Waals surface area contributed by atoms with E-state index in [1.807, 2.05) is 0 Å². The summed E-state index contributed by atoms with van der Waals surface area (Å²) in [5.74, 6) is -0.0759. The summed E-state index contributed by atoms with van der Waals surface area (Å²) in [6, 6.07) is 2.60. The van der Waals surface area contributed by atoms with E-state index in [4.69, 9.17) is 15.7 Å². The van der Waals surface area contributed by atoms with E-state index in [9.17, 15) is 5.11 Å². The van der Waals surface area contributed by atoms with Crippen molar-refractivity contribution in [2.24, 2.45) is 0 Å². The minimum absolute atomic E-state index is 0.00772. The van der Waals surface area contributed by atoms with Gasteiger partial charge in [0.05, 0.1) is 0 Å². The molecule has 0 saturated carbocycles. The molecule has 0 aromatic heterocycles. The Bertz CT molecular complexity index is 333. The largest absolute Gasteiger partial charge is 0.508 e. The Kier molecular flexibility index (Phi) is 1.06. The molecule has 0 bridgehead atoms. The molecule has 0 saturated heterocycles. The topological polar surface area (TPSA) is 20.2 Å². The minimum Gasteiger partial charge on any atom is -0.508 e. The summed E-state index contributed by atoms with van der Waals surface area (Å²) in [5.41, 5.74) is 0.555. The molecular formula is C8H9ClO. The molecule has 10 heavy (non-hydrogen) atoms. The first kappa shape index (κ1) is 4.24. The van der Waals surface area contributed by atoms with Crippen LogP contribution in [0.4, 0.5) is 0 Å². The Balaban J connectivity index is 3.37. The monoisotopic (exact) mass is 159 g/mol. The molecule has 1 nitrogen and oxygen atoms in total. The molecule has 0 spiro atoms. The average Bonchev–Trinajstić information content (AvgIpc) is 1.94. The van der Waals surface area contributed by atoms with Crippen molar-refractivity contribution in [3.8, 4) is 5.75 Å². The normalized spacial score (nSPS) is 15.6. The van der Waals surface area contributed by atoms with Crippen LogP contribution < -0.4 is 0 Å². The standard InChI is InChI=1S/C8H9ClO/c1-5-3-7(10)4-6(2)8(5)9/h3-4,10H,1-2H3/i1D3. The molecule has 0 radical (unpaired) electrons. The van der Waals surface area contributed by atoms with Gasteiger partial charge in [0.25, 0.3) is 0 Å². The zero-order chi connectivity index (χ0) is 10.2. The van der Waals surface area contributed by atoms with Gasteiger partial charge < -0.3 is 5.11 Å². The Morgan fingerprint density at radius 3 is 2.70 bits per heavy atom. The predicted molar refractivity (Wildman–Crippen MR) is 42.6 cm³/mol. The molecule has 0 atom stereocenters. The van der Waals surface area contributed by atoms with Gasteiger partial charge in [-0.3, -0.25) is 0 Å². The molecule has 0 heterocycles. The minimum atomic E-state index is -2.28. The van der Waals surface area contributed by atoms with Gasteiger partial charge in [0.2, 0.25) is 0 Å². The van der Waals surface area contributed by atoms with Gasteiger partial charge in [-0.2, -0.15) is 0 Å². The third-order valence-corrected chi connectivity index (χ3v) is 1.74. The summed E-state index contributed by atoms with van der Waals surface area (Å²) >= 11 is 5.78. The van der Waals surface area contributed by atoms with Gasteiger partial charge in [0.15, 0.2) is 0 Å². The number of benzene rings is 1. The molecule has 0 aliphatic rings. The van der Waals surface area contributed by atoms with E-state index in [1.165, 1.54) is 12.1 Å². The number of rotatable bonds is 0. The van der Waals surface area contributed by atoms with Crippen LogP contribution >= 0.6 is 11.6 Å². The highest BCUT2D eigenvalue weighted by Crippen LogP contribution is 2.24. The SMILES string of the molecule is [2H]C([2H])([2H])c1cc(O)cc(C)c1Cl.